The SMILES string of the molecule is Cc1nn(C)cc1C=NOC(C)c1cccc(C(F)(F)F)c1. The first kappa shape index (κ1) is 16.1. The fraction of sp³-hybridized carbons (Fsp3) is 0.333. The molecule has 1 unspecified atom stereocenters. The summed E-state index contributed by atoms with van der Waals surface area (Å²) in [6.45, 7) is 3.47. The maximum Gasteiger partial charge on any atom is 0.416 e. The molecular formula is C15H16F3N3O. The van der Waals surface area contributed by atoms with Crippen molar-refractivity contribution in [2.45, 2.75) is 26.1 Å². The highest BCUT2D eigenvalue weighted by Crippen LogP contribution is 2.31. The van der Waals surface area contributed by atoms with Crippen molar-refractivity contribution in [3.05, 3.63) is 52.8 Å². The second-order valence-corrected chi connectivity index (χ2v) is 4.95. The fourth-order valence-electron chi connectivity index (χ4n) is 1.95. The Hall–Kier alpha value is -2.31. The molecule has 0 radical (unpaired) electrons. The molecule has 118 valence electrons. The van der Waals surface area contributed by atoms with Crippen LogP contribution in [0.1, 0.15) is 35.4 Å². The van der Waals surface area contributed by atoms with Gasteiger partial charge in [0.05, 0.1) is 17.5 Å². The second kappa shape index (κ2) is 6.21. The van der Waals surface area contributed by atoms with Gasteiger partial charge in [-0.05, 0) is 31.5 Å². The van der Waals surface area contributed by atoms with Crippen LogP contribution in [0.3, 0.4) is 0 Å². The van der Waals surface area contributed by atoms with Gasteiger partial charge in [0, 0.05) is 18.8 Å². The molecule has 0 spiro atoms. The van der Waals surface area contributed by atoms with Crippen molar-refractivity contribution < 1.29 is 18.0 Å². The van der Waals surface area contributed by atoms with Gasteiger partial charge < -0.3 is 4.84 Å². The lowest BCUT2D eigenvalue weighted by Gasteiger charge is -2.12. The van der Waals surface area contributed by atoms with Crippen LogP contribution in [0.4, 0.5) is 13.2 Å². The topological polar surface area (TPSA) is 39.4 Å². The van der Waals surface area contributed by atoms with Gasteiger partial charge in [0.25, 0.3) is 0 Å². The number of aromatic nitrogens is 2. The quantitative estimate of drug-likeness (QED) is 0.635. The van der Waals surface area contributed by atoms with Gasteiger partial charge in [-0.2, -0.15) is 18.3 Å². The Balaban J connectivity index is 2.06. The molecule has 2 rings (SSSR count). The number of nitrogens with zero attached hydrogens (tertiary/aromatic N) is 3. The maximum absolute atomic E-state index is 12.7. The lowest BCUT2D eigenvalue weighted by molar-refractivity contribution is -0.137. The van der Waals surface area contributed by atoms with Crippen molar-refractivity contribution in [2.24, 2.45) is 12.2 Å². The molecule has 1 aromatic carbocycles. The van der Waals surface area contributed by atoms with Crippen molar-refractivity contribution in [1.82, 2.24) is 9.78 Å². The largest absolute Gasteiger partial charge is 0.416 e. The number of rotatable bonds is 4. The Labute approximate surface area is 126 Å². The van der Waals surface area contributed by atoms with Crippen LogP contribution >= 0.6 is 0 Å². The Morgan fingerprint density at radius 1 is 1.36 bits per heavy atom. The lowest BCUT2D eigenvalue weighted by Crippen LogP contribution is -2.06. The first-order valence-electron chi connectivity index (χ1n) is 6.64. The molecule has 0 saturated heterocycles. The normalized spacial score (nSPS) is 13.5. The number of alkyl halides is 3. The van der Waals surface area contributed by atoms with E-state index in [9.17, 15) is 13.2 Å². The molecule has 0 aliphatic heterocycles. The van der Waals surface area contributed by atoms with Crippen molar-refractivity contribution >= 4 is 6.21 Å². The van der Waals surface area contributed by atoms with Gasteiger partial charge >= 0.3 is 6.18 Å². The first-order valence-corrected chi connectivity index (χ1v) is 6.64. The van der Waals surface area contributed by atoms with E-state index < -0.39 is 17.8 Å². The van der Waals surface area contributed by atoms with Crippen molar-refractivity contribution in [3.8, 4) is 0 Å². The summed E-state index contributed by atoms with van der Waals surface area (Å²) in [6, 6.07) is 5.02. The van der Waals surface area contributed by atoms with E-state index >= 15 is 0 Å². The van der Waals surface area contributed by atoms with Gasteiger partial charge in [0.15, 0.2) is 0 Å². The van der Waals surface area contributed by atoms with Gasteiger partial charge in [0.1, 0.15) is 6.10 Å². The Morgan fingerprint density at radius 2 is 2.09 bits per heavy atom. The molecule has 7 heteroatoms. The maximum atomic E-state index is 12.7. The van der Waals surface area contributed by atoms with Crippen LogP contribution in [-0.4, -0.2) is 16.0 Å². The minimum Gasteiger partial charge on any atom is -0.388 e. The molecule has 1 heterocycles. The van der Waals surface area contributed by atoms with E-state index in [4.69, 9.17) is 4.84 Å². The Bertz CT molecular complexity index is 677. The smallest absolute Gasteiger partial charge is 0.388 e. The number of aryl methyl sites for hydroxylation is 2. The van der Waals surface area contributed by atoms with Gasteiger partial charge in [-0.15, -0.1) is 0 Å². The molecule has 1 aromatic heterocycles. The molecule has 22 heavy (non-hydrogen) atoms. The van der Waals surface area contributed by atoms with Crippen LogP contribution in [0.2, 0.25) is 0 Å². The summed E-state index contributed by atoms with van der Waals surface area (Å²) in [5, 5.41) is 7.97. The Kier molecular flexibility index (Phi) is 4.54. The highest BCUT2D eigenvalue weighted by atomic mass is 19.4. The minimum absolute atomic E-state index is 0.412. The molecule has 0 aliphatic rings. The average Bonchev–Trinajstić information content (AvgIpc) is 2.76. The third-order valence-corrected chi connectivity index (χ3v) is 3.15. The van der Waals surface area contributed by atoms with Crippen LogP contribution in [0.25, 0.3) is 0 Å². The molecule has 0 amide bonds. The van der Waals surface area contributed by atoms with Crippen LogP contribution in [0.5, 0.6) is 0 Å². The molecule has 0 saturated carbocycles. The molecule has 0 N–H and O–H groups in total. The van der Waals surface area contributed by atoms with E-state index in [2.05, 4.69) is 10.3 Å². The second-order valence-electron chi connectivity index (χ2n) is 4.95. The third kappa shape index (κ3) is 3.87. The third-order valence-electron chi connectivity index (χ3n) is 3.15. The van der Waals surface area contributed by atoms with Crippen molar-refractivity contribution in [1.29, 1.82) is 0 Å². The summed E-state index contributed by atoms with van der Waals surface area (Å²) in [6.07, 6.45) is -1.69. The highest BCUT2D eigenvalue weighted by molar-refractivity contribution is 5.80. The van der Waals surface area contributed by atoms with Gasteiger partial charge in [-0.25, -0.2) is 0 Å². The van der Waals surface area contributed by atoms with Gasteiger partial charge in [0.2, 0.25) is 0 Å². The van der Waals surface area contributed by atoms with E-state index in [0.717, 1.165) is 23.4 Å². The molecule has 0 bridgehead atoms. The summed E-state index contributed by atoms with van der Waals surface area (Å²) in [7, 11) is 1.79. The minimum atomic E-state index is -4.37. The first-order chi connectivity index (χ1) is 10.3. The molecule has 2 aromatic rings. The predicted octanol–water partition coefficient (Wildman–Crippen LogP) is 3.86. The summed E-state index contributed by atoms with van der Waals surface area (Å²) in [5.41, 5.74) is 1.29. The van der Waals surface area contributed by atoms with Crippen LogP contribution in [-0.2, 0) is 18.1 Å². The predicted molar refractivity (Wildman–Crippen MR) is 76.5 cm³/mol. The molecule has 1 atom stereocenters. The summed E-state index contributed by atoms with van der Waals surface area (Å²) >= 11 is 0. The highest BCUT2D eigenvalue weighted by Gasteiger charge is 2.30. The zero-order valence-electron chi connectivity index (χ0n) is 12.4. The molecule has 0 aliphatic carbocycles. The molecular weight excluding hydrogens is 295 g/mol. The number of halogens is 3. The number of hydrogen-bond donors (Lipinski definition) is 0. The zero-order chi connectivity index (χ0) is 16.3. The summed E-state index contributed by atoms with van der Waals surface area (Å²) in [4.78, 5) is 5.23. The Morgan fingerprint density at radius 3 is 2.68 bits per heavy atom. The zero-order valence-corrected chi connectivity index (χ0v) is 12.4. The van der Waals surface area contributed by atoms with Crippen molar-refractivity contribution in [2.75, 3.05) is 0 Å². The summed E-state index contributed by atoms with van der Waals surface area (Å²) < 4.78 is 39.7. The van der Waals surface area contributed by atoms with Gasteiger partial charge in [-0.3, -0.25) is 4.68 Å². The fourth-order valence-corrected chi connectivity index (χ4v) is 1.95. The molecule has 0 fully saturated rings. The van der Waals surface area contributed by atoms with Crippen molar-refractivity contribution in [3.63, 3.8) is 0 Å². The van der Waals surface area contributed by atoms with Crippen LogP contribution in [0.15, 0.2) is 35.6 Å². The van der Waals surface area contributed by atoms with E-state index in [-0.39, 0.29) is 0 Å². The van der Waals surface area contributed by atoms with E-state index in [1.54, 1.807) is 30.9 Å². The number of benzene rings is 1. The van der Waals surface area contributed by atoms with E-state index in [1.165, 1.54) is 12.3 Å². The van der Waals surface area contributed by atoms with E-state index in [0.29, 0.717) is 5.56 Å². The van der Waals surface area contributed by atoms with Gasteiger partial charge in [-0.1, -0.05) is 17.3 Å². The van der Waals surface area contributed by atoms with E-state index in [1.807, 2.05) is 6.92 Å². The van der Waals surface area contributed by atoms with Crippen LogP contribution < -0.4 is 0 Å². The van der Waals surface area contributed by atoms with Crippen LogP contribution in [0, 0.1) is 6.92 Å². The summed E-state index contributed by atoms with van der Waals surface area (Å²) in [5.74, 6) is 0. The standard InChI is InChI=1S/C15H16F3N3O/c1-10-13(9-21(3)20-10)8-19-22-11(2)12-5-4-6-14(7-12)15(16,17)18/h4-9,11H,1-3H3. The molecule has 4 nitrogen and oxygen atoms in total. The number of oxime groups is 1. The lowest BCUT2D eigenvalue weighted by atomic mass is 10.1. The monoisotopic (exact) mass is 311 g/mol. The average molecular weight is 311 g/mol. The number of hydrogen-bond acceptors (Lipinski definition) is 3.